The Kier molecular flexibility index (Phi) is 38.8. The second-order valence-electron chi connectivity index (χ2n) is 28.7. The molecule has 4 atom stereocenters. The Morgan fingerprint density at radius 3 is 0.843 bits per heavy atom. The summed E-state index contributed by atoms with van der Waals surface area (Å²) in [7, 11) is 6.17. The first-order valence-electron chi connectivity index (χ1n) is 39.4. The summed E-state index contributed by atoms with van der Waals surface area (Å²) in [6, 6.07) is 11.8. The lowest BCUT2D eigenvalue weighted by Crippen LogP contribution is -2.17. The number of esters is 1. The number of alkyl halides is 12. The van der Waals surface area contributed by atoms with Gasteiger partial charge in [-0.05, 0) is 131 Å². The molecule has 48 heteroatoms. The van der Waals surface area contributed by atoms with Crippen LogP contribution in [0.5, 0.6) is 5.75 Å². The van der Waals surface area contributed by atoms with Crippen LogP contribution in [-0.2, 0) is 108 Å². The summed E-state index contributed by atoms with van der Waals surface area (Å²) in [6.07, 6.45) is 1.16. The van der Waals surface area contributed by atoms with Gasteiger partial charge in [0.05, 0.1) is 135 Å². The lowest BCUT2D eigenvalue weighted by Gasteiger charge is -2.18. The van der Waals surface area contributed by atoms with Gasteiger partial charge in [-0.15, -0.1) is 19.2 Å². The van der Waals surface area contributed by atoms with Crippen molar-refractivity contribution in [1.29, 1.82) is 0 Å². The number of pyridine rings is 8. The number of nitrogen functional groups attached to an aromatic ring is 1. The van der Waals surface area contributed by atoms with E-state index in [1.165, 1.54) is 121 Å². The van der Waals surface area contributed by atoms with Crippen LogP contribution < -0.4 is 10.5 Å². The fourth-order valence-electron chi connectivity index (χ4n) is 12.6. The van der Waals surface area contributed by atoms with E-state index in [0.29, 0.717) is 82.0 Å². The summed E-state index contributed by atoms with van der Waals surface area (Å²) < 4.78 is 198. The molecule has 12 aromatic heterocycles. The van der Waals surface area contributed by atoms with Gasteiger partial charge in [0.2, 0.25) is 0 Å². The van der Waals surface area contributed by atoms with Gasteiger partial charge in [-0.1, -0.05) is 64.6 Å². The number of rotatable bonds is 27. The number of methoxy groups -OCH3 is 4. The number of nitrogens with zero attached hydrogens (tertiary/aromatic N) is 20. The predicted molar refractivity (Wildman–Crippen MR) is 466 cm³/mol. The molecule has 0 amide bonds. The van der Waals surface area contributed by atoms with E-state index >= 15 is 0 Å². The largest absolute Gasteiger partial charge is 0.426 e. The Morgan fingerprint density at radius 1 is 0.366 bits per heavy atom. The third kappa shape index (κ3) is 29.4. The van der Waals surface area contributed by atoms with Gasteiger partial charge in [-0.2, -0.15) is 97.4 Å². The molecule has 13 aromatic rings. The summed E-state index contributed by atoms with van der Waals surface area (Å²) in [5.41, 5.74) is 9.64. The van der Waals surface area contributed by atoms with E-state index in [0.717, 1.165) is 54.7 Å². The van der Waals surface area contributed by atoms with Crippen LogP contribution in [-0.4, -0.2) is 158 Å². The minimum Gasteiger partial charge on any atom is -0.426 e. The van der Waals surface area contributed by atoms with Gasteiger partial charge in [-0.25, -0.2) is 19.9 Å². The van der Waals surface area contributed by atoms with E-state index in [4.69, 9.17) is 75.8 Å². The number of nitrogens with two attached hydrogens (primary N) is 1. The lowest BCUT2D eigenvalue weighted by atomic mass is 9.97. The lowest BCUT2D eigenvalue weighted by molar-refractivity contribution is -0.138. The van der Waals surface area contributed by atoms with Gasteiger partial charge in [0.25, 0.3) is 0 Å². The number of benzene rings is 1. The van der Waals surface area contributed by atoms with Crippen LogP contribution in [0.2, 0.25) is 20.1 Å². The fraction of sp³-hybridized carbons (Fsp3) is 0.326. The Labute approximate surface area is 781 Å². The molecule has 1 aromatic carbocycles. The minimum absolute atomic E-state index is 0.0557. The molecular weight excluding hydrogens is 1890 g/mol. The standard InChI is InChI=1S/3C20H19ClF3N5O2.C16H11F3N4O2.C9H13ClN2O.CH3FS/c3*1-11-18(21)17(12(2)31-3)14(10-25-11)8-15(30)6-13-7-16(20(22,23)24)19(26-9-13)29-27-4-5-28-29;17-16(18,19)13-8-11(10-20-15(13)23-21-6-7-22-23)9-14(24)25-12-4-2-1-3-5-12;1-5-9(10)8(6(2)13-3)7(11)4-12-5;1-3-2/h3*4-5,7,9-10,12H,6,8H2,1-3H3;1-8,10H,9H2;4,6H,11H2,1-3H3;1H3/t2*12-;;;;/m10..../s1. The van der Waals surface area contributed by atoms with E-state index in [2.05, 4.69) is 80.7 Å². The Balaban J connectivity index is 0.000000209. The highest BCUT2D eigenvalue weighted by atomic mass is 35.5. The van der Waals surface area contributed by atoms with Crippen LogP contribution in [0.15, 0.2) is 154 Å². The summed E-state index contributed by atoms with van der Waals surface area (Å²) in [5.74, 6) is -3.15. The highest BCUT2D eigenvalue weighted by Gasteiger charge is 2.40. The summed E-state index contributed by atoms with van der Waals surface area (Å²) >= 11 is 25.3. The van der Waals surface area contributed by atoms with Crippen molar-refractivity contribution < 1.29 is 99.4 Å². The van der Waals surface area contributed by atoms with Crippen molar-refractivity contribution in [2.45, 2.75) is 149 Å². The number of ketones is 3. The summed E-state index contributed by atoms with van der Waals surface area (Å²) in [5, 5.41) is 31.3. The third-order valence-corrected chi connectivity index (χ3v) is 21.2. The molecule has 12 heterocycles. The van der Waals surface area contributed by atoms with Gasteiger partial charge in [-0.3, -0.25) is 39.1 Å². The summed E-state index contributed by atoms with van der Waals surface area (Å²) in [6.45, 7) is 14.3. The average molecular weight is 1980 g/mol. The Bertz CT molecular complexity index is 5710. The van der Waals surface area contributed by atoms with Crippen LogP contribution in [0, 0.1) is 27.7 Å². The molecule has 2 unspecified atom stereocenters. The van der Waals surface area contributed by atoms with Crippen LogP contribution in [0.4, 0.5) is 62.3 Å². The van der Waals surface area contributed by atoms with Crippen LogP contribution in [0.3, 0.4) is 0 Å². The molecule has 0 aliphatic rings. The number of hydrogen-bond acceptors (Lipinski definition) is 27. The van der Waals surface area contributed by atoms with E-state index in [1.54, 1.807) is 85.2 Å². The highest BCUT2D eigenvalue weighted by molar-refractivity contribution is 7.93. The number of carbonyl (C=O) groups is 4. The molecule has 0 fully saturated rings. The number of halogens is 17. The van der Waals surface area contributed by atoms with Crippen molar-refractivity contribution in [2.75, 3.05) is 40.4 Å². The van der Waals surface area contributed by atoms with Crippen molar-refractivity contribution in [3.8, 4) is 29.0 Å². The van der Waals surface area contributed by atoms with E-state index in [1.807, 2.05) is 13.8 Å². The van der Waals surface area contributed by atoms with Crippen molar-refractivity contribution >= 4 is 87.6 Å². The predicted octanol–water partition coefficient (Wildman–Crippen LogP) is 18.7. The number of anilines is 1. The normalized spacial score (nSPS) is 12.3. The molecule has 712 valence electrons. The second-order valence-corrected chi connectivity index (χ2v) is 30.6. The molecule has 2 N–H and O–H groups in total. The molecule has 30 nitrogen and oxygen atoms in total. The van der Waals surface area contributed by atoms with Crippen LogP contribution in [0.25, 0.3) is 23.3 Å². The van der Waals surface area contributed by atoms with Crippen molar-refractivity contribution in [2.24, 2.45) is 0 Å². The minimum atomic E-state index is -4.69. The molecule has 13 rings (SSSR count). The van der Waals surface area contributed by atoms with Crippen LogP contribution >= 0.6 is 58.6 Å². The zero-order valence-corrected chi connectivity index (χ0v) is 77.1. The maximum Gasteiger partial charge on any atom is 0.420 e. The number of aromatic nitrogens is 20. The Morgan fingerprint density at radius 2 is 0.597 bits per heavy atom. The van der Waals surface area contributed by atoms with Crippen molar-refractivity contribution in [1.82, 2.24) is 99.8 Å². The van der Waals surface area contributed by atoms with Crippen LogP contribution in [0.1, 0.15) is 158 Å². The second kappa shape index (κ2) is 48.6. The van der Waals surface area contributed by atoms with Crippen molar-refractivity contribution in [3.63, 3.8) is 0 Å². The molecule has 0 radical (unpaired) electrons. The molecule has 0 saturated heterocycles. The first kappa shape index (κ1) is 107. The maximum absolute atomic E-state index is 13.5. The molecule has 0 bridgehead atoms. The first-order valence-corrected chi connectivity index (χ1v) is 42.0. The number of ether oxygens (including phenoxy) is 5. The van der Waals surface area contributed by atoms with Gasteiger partial charge >= 0.3 is 30.7 Å². The topological polar surface area (TPSA) is 366 Å². The number of Topliss-reactive ketones (excluding diaryl/α,β-unsaturated/α-hetero) is 3. The van der Waals surface area contributed by atoms with E-state index in [-0.39, 0.29) is 121 Å². The van der Waals surface area contributed by atoms with Gasteiger partial charge in [0, 0.05) is 151 Å². The van der Waals surface area contributed by atoms with E-state index < -0.39 is 76.2 Å². The molecule has 0 aliphatic heterocycles. The molecule has 0 spiro atoms. The van der Waals surface area contributed by atoms with Gasteiger partial charge in [0.1, 0.15) is 45.4 Å². The smallest absolute Gasteiger partial charge is 0.420 e. The van der Waals surface area contributed by atoms with Gasteiger partial charge < -0.3 is 29.4 Å². The molecule has 0 aliphatic carbocycles. The fourth-order valence-corrected chi connectivity index (χ4v) is 13.9. The molecular formula is C86H84Cl4F13N21O9S. The SMILES string of the molecule is COC(C)c1c(CC(=O)Cc2cnc(-n3nccn3)c(C(F)(F)F)c2)cnc(C)c1Cl.COC(C)c1c(N)cnc(C)c1Cl.CO[C@@H](C)c1c(CC(=O)Cc2cnc(-n3nccn3)c(C(F)(F)F)c2)cnc(C)c1Cl.CO[C@H](C)c1c(CC(=O)Cc2cnc(-n3nccn3)c(C(F)(F)F)c2)cnc(C)c1Cl.CSF.O=C(Cc1cnc(-n2nccn2)c(C(F)(F)F)c1)Oc1ccccc1. The quantitative estimate of drug-likeness (QED) is 0.0284. The molecule has 0 saturated carbocycles. The summed E-state index contributed by atoms with van der Waals surface area (Å²) in [4.78, 5) is 84.9. The number of para-hydroxylation sites is 1. The Hall–Kier alpha value is -12.3. The van der Waals surface area contributed by atoms with Gasteiger partial charge in [0.15, 0.2) is 23.3 Å². The van der Waals surface area contributed by atoms with E-state index in [9.17, 15) is 75.7 Å². The average Bonchev–Trinajstić information content (AvgIpc) is 1.63. The zero-order valence-electron chi connectivity index (χ0n) is 73.2. The maximum atomic E-state index is 13.5. The number of hydrogen-bond donors (Lipinski definition) is 1. The molecule has 134 heavy (non-hydrogen) atoms. The number of carbonyl (C=O) groups excluding carboxylic acids is 4. The zero-order chi connectivity index (χ0) is 98.9. The third-order valence-electron chi connectivity index (χ3n) is 19.3. The number of aryl methyl sites for hydroxylation is 4. The monoisotopic (exact) mass is 1970 g/mol. The van der Waals surface area contributed by atoms with Crippen molar-refractivity contribution in [3.05, 3.63) is 280 Å². The first-order chi connectivity index (χ1) is 63.3. The highest BCUT2D eigenvalue weighted by Crippen LogP contribution is 2.41.